The van der Waals surface area contributed by atoms with Crippen LogP contribution < -0.4 is 5.32 Å². The standard InChI is InChI=1S/C9H10N6O/c1-6-7(3-2-4-10-6)9(16)11-5-8-12-14-15-13-8/h2-4H,5H2,1H3,(H,11,16)(H,12,13,14,15). The Bertz CT molecular complexity index is 481. The van der Waals surface area contributed by atoms with Crippen LogP contribution in [0.15, 0.2) is 18.3 Å². The highest BCUT2D eigenvalue weighted by Crippen LogP contribution is 2.03. The normalized spacial score (nSPS) is 10.1. The van der Waals surface area contributed by atoms with Crippen LogP contribution in [-0.4, -0.2) is 31.5 Å². The Labute approximate surface area is 91.3 Å². The van der Waals surface area contributed by atoms with Crippen LogP contribution in [0.2, 0.25) is 0 Å². The van der Waals surface area contributed by atoms with Crippen LogP contribution in [0.5, 0.6) is 0 Å². The van der Waals surface area contributed by atoms with E-state index < -0.39 is 0 Å². The largest absolute Gasteiger partial charge is 0.345 e. The average Bonchev–Trinajstić information content (AvgIpc) is 2.79. The van der Waals surface area contributed by atoms with Crippen molar-refractivity contribution < 1.29 is 4.79 Å². The van der Waals surface area contributed by atoms with Gasteiger partial charge in [-0.1, -0.05) is 5.21 Å². The molecule has 2 rings (SSSR count). The molecule has 2 N–H and O–H groups in total. The van der Waals surface area contributed by atoms with Crippen molar-refractivity contribution in [1.82, 2.24) is 30.9 Å². The maximum absolute atomic E-state index is 11.7. The number of aromatic nitrogens is 5. The number of aromatic amines is 1. The number of nitrogens with zero attached hydrogens (tertiary/aromatic N) is 4. The van der Waals surface area contributed by atoms with Gasteiger partial charge >= 0.3 is 0 Å². The van der Waals surface area contributed by atoms with Crippen LogP contribution in [0.1, 0.15) is 21.9 Å². The van der Waals surface area contributed by atoms with Crippen molar-refractivity contribution in [3.63, 3.8) is 0 Å². The Hall–Kier alpha value is -2.31. The lowest BCUT2D eigenvalue weighted by atomic mass is 10.2. The molecule has 7 nitrogen and oxygen atoms in total. The molecule has 0 radical (unpaired) electrons. The third-order valence-corrected chi connectivity index (χ3v) is 2.05. The third-order valence-electron chi connectivity index (χ3n) is 2.05. The van der Waals surface area contributed by atoms with Crippen molar-refractivity contribution in [3.05, 3.63) is 35.4 Å². The number of carbonyl (C=O) groups is 1. The van der Waals surface area contributed by atoms with E-state index in [9.17, 15) is 4.79 Å². The van der Waals surface area contributed by atoms with Gasteiger partial charge in [-0.05, 0) is 19.1 Å². The van der Waals surface area contributed by atoms with E-state index in [0.29, 0.717) is 17.1 Å². The number of carbonyl (C=O) groups excluding carboxylic acids is 1. The predicted molar refractivity (Wildman–Crippen MR) is 54.3 cm³/mol. The lowest BCUT2D eigenvalue weighted by molar-refractivity contribution is 0.0949. The highest BCUT2D eigenvalue weighted by Gasteiger charge is 2.09. The number of H-pyrrole nitrogens is 1. The Morgan fingerprint density at radius 2 is 2.44 bits per heavy atom. The zero-order valence-electron chi connectivity index (χ0n) is 8.64. The van der Waals surface area contributed by atoms with Gasteiger partial charge in [0.05, 0.1) is 12.1 Å². The Balaban J connectivity index is 2.01. The first-order valence-electron chi connectivity index (χ1n) is 4.69. The third kappa shape index (κ3) is 2.19. The number of tetrazole rings is 1. The molecule has 0 unspecified atom stereocenters. The summed E-state index contributed by atoms with van der Waals surface area (Å²) in [6, 6.07) is 3.43. The number of amides is 1. The summed E-state index contributed by atoms with van der Waals surface area (Å²) in [5.74, 6) is 0.241. The van der Waals surface area contributed by atoms with Crippen molar-refractivity contribution in [1.29, 1.82) is 0 Å². The second-order valence-corrected chi connectivity index (χ2v) is 3.15. The highest BCUT2D eigenvalue weighted by atomic mass is 16.1. The molecule has 0 aromatic carbocycles. The molecule has 0 aliphatic heterocycles. The molecule has 2 heterocycles. The molecule has 0 saturated heterocycles. The molecule has 2 aromatic rings. The first-order valence-corrected chi connectivity index (χ1v) is 4.69. The maximum Gasteiger partial charge on any atom is 0.253 e. The fourth-order valence-electron chi connectivity index (χ4n) is 1.24. The lowest BCUT2D eigenvalue weighted by Crippen LogP contribution is -2.24. The average molecular weight is 218 g/mol. The van der Waals surface area contributed by atoms with E-state index in [0.717, 1.165) is 0 Å². The minimum Gasteiger partial charge on any atom is -0.345 e. The molecular weight excluding hydrogens is 208 g/mol. The SMILES string of the molecule is Cc1ncccc1C(=O)NCc1nn[nH]n1. The first kappa shape index (κ1) is 10.2. The minimum absolute atomic E-state index is 0.199. The first-order chi connectivity index (χ1) is 7.77. The molecule has 0 aliphatic rings. The summed E-state index contributed by atoms with van der Waals surface area (Å²) in [5, 5.41) is 15.8. The molecule has 2 aromatic heterocycles. The predicted octanol–water partition coefficient (Wildman–Crippen LogP) is -0.167. The van der Waals surface area contributed by atoms with Crippen molar-refractivity contribution in [2.45, 2.75) is 13.5 Å². The van der Waals surface area contributed by atoms with E-state index in [1.807, 2.05) is 0 Å². The lowest BCUT2D eigenvalue weighted by Gasteiger charge is -2.04. The van der Waals surface area contributed by atoms with E-state index in [1.54, 1.807) is 25.3 Å². The van der Waals surface area contributed by atoms with Crippen LogP contribution in [0, 0.1) is 6.92 Å². The van der Waals surface area contributed by atoms with Crippen molar-refractivity contribution >= 4 is 5.91 Å². The van der Waals surface area contributed by atoms with E-state index in [2.05, 4.69) is 30.9 Å². The summed E-state index contributed by atoms with van der Waals surface area (Å²) in [6.07, 6.45) is 1.64. The van der Waals surface area contributed by atoms with E-state index in [1.165, 1.54) is 0 Å². The molecule has 7 heteroatoms. The van der Waals surface area contributed by atoms with Gasteiger partial charge in [-0.25, -0.2) is 0 Å². The summed E-state index contributed by atoms with van der Waals surface area (Å²) in [6.45, 7) is 2.02. The van der Waals surface area contributed by atoms with Gasteiger partial charge in [0.1, 0.15) is 0 Å². The van der Waals surface area contributed by atoms with Gasteiger partial charge in [-0.2, -0.15) is 5.21 Å². The molecule has 0 aliphatic carbocycles. The number of hydrogen-bond donors (Lipinski definition) is 2. The number of rotatable bonds is 3. The second kappa shape index (κ2) is 4.47. The van der Waals surface area contributed by atoms with E-state index >= 15 is 0 Å². The smallest absolute Gasteiger partial charge is 0.253 e. The molecule has 0 bridgehead atoms. The van der Waals surface area contributed by atoms with Crippen molar-refractivity contribution in [2.24, 2.45) is 0 Å². The van der Waals surface area contributed by atoms with Crippen molar-refractivity contribution in [2.75, 3.05) is 0 Å². The van der Waals surface area contributed by atoms with E-state index in [-0.39, 0.29) is 12.5 Å². The van der Waals surface area contributed by atoms with Crippen LogP contribution >= 0.6 is 0 Å². The van der Waals surface area contributed by atoms with Gasteiger partial charge in [-0.15, -0.1) is 10.2 Å². The Morgan fingerprint density at radius 3 is 3.12 bits per heavy atom. The van der Waals surface area contributed by atoms with Crippen LogP contribution in [-0.2, 0) is 6.54 Å². The quantitative estimate of drug-likeness (QED) is 0.745. The highest BCUT2D eigenvalue weighted by molar-refractivity contribution is 5.94. The minimum atomic E-state index is -0.199. The topological polar surface area (TPSA) is 96.5 Å². The molecule has 0 saturated carbocycles. The van der Waals surface area contributed by atoms with Gasteiger partial charge in [-0.3, -0.25) is 9.78 Å². The molecule has 0 atom stereocenters. The fraction of sp³-hybridized carbons (Fsp3) is 0.222. The zero-order chi connectivity index (χ0) is 11.4. The summed E-state index contributed by atoms with van der Waals surface area (Å²) in [5.41, 5.74) is 1.24. The summed E-state index contributed by atoms with van der Waals surface area (Å²) < 4.78 is 0. The second-order valence-electron chi connectivity index (χ2n) is 3.15. The number of aryl methyl sites for hydroxylation is 1. The summed E-state index contributed by atoms with van der Waals surface area (Å²) in [7, 11) is 0. The molecular formula is C9H10N6O. The summed E-state index contributed by atoms with van der Waals surface area (Å²) in [4.78, 5) is 15.8. The number of nitrogens with one attached hydrogen (secondary N) is 2. The van der Waals surface area contributed by atoms with Crippen LogP contribution in [0.25, 0.3) is 0 Å². The van der Waals surface area contributed by atoms with Gasteiger partial charge < -0.3 is 5.32 Å². The van der Waals surface area contributed by atoms with E-state index in [4.69, 9.17) is 0 Å². The number of hydrogen-bond acceptors (Lipinski definition) is 5. The number of pyridine rings is 1. The Morgan fingerprint density at radius 1 is 1.56 bits per heavy atom. The zero-order valence-corrected chi connectivity index (χ0v) is 8.64. The van der Waals surface area contributed by atoms with Crippen molar-refractivity contribution in [3.8, 4) is 0 Å². The molecule has 82 valence electrons. The monoisotopic (exact) mass is 218 g/mol. The maximum atomic E-state index is 11.7. The van der Waals surface area contributed by atoms with Crippen LogP contribution in [0.4, 0.5) is 0 Å². The van der Waals surface area contributed by atoms with Gasteiger partial charge in [0.25, 0.3) is 5.91 Å². The van der Waals surface area contributed by atoms with Crippen LogP contribution in [0.3, 0.4) is 0 Å². The molecule has 1 amide bonds. The Kier molecular flexibility index (Phi) is 2.86. The fourth-order valence-corrected chi connectivity index (χ4v) is 1.24. The van der Waals surface area contributed by atoms with Gasteiger partial charge in [0.15, 0.2) is 5.82 Å². The van der Waals surface area contributed by atoms with Gasteiger partial charge in [0.2, 0.25) is 0 Å². The van der Waals surface area contributed by atoms with Gasteiger partial charge in [0, 0.05) is 11.9 Å². The molecule has 0 fully saturated rings. The molecule has 0 spiro atoms. The summed E-state index contributed by atoms with van der Waals surface area (Å²) >= 11 is 0. The molecule has 16 heavy (non-hydrogen) atoms.